The normalized spacial score (nSPS) is 11.7. The minimum absolute atomic E-state index is 0.701. The number of thiophene rings is 1. The van der Waals surface area contributed by atoms with Crippen molar-refractivity contribution in [2.75, 3.05) is 7.05 Å². The lowest BCUT2D eigenvalue weighted by atomic mass is 10.3. The lowest BCUT2D eigenvalue weighted by Gasteiger charge is -2.09. The van der Waals surface area contributed by atoms with E-state index in [9.17, 15) is 0 Å². The number of aliphatic imine (C=N–C) groups is 1. The molecule has 4 nitrogen and oxygen atoms in total. The molecule has 0 atom stereocenters. The van der Waals surface area contributed by atoms with Crippen LogP contribution in [0.25, 0.3) is 0 Å². The Morgan fingerprint density at radius 2 is 2.10 bits per heavy atom. The average Bonchev–Trinajstić information content (AvgIpc) is 2.97. The summed E-state index contributed by atoms with van der Waals surface area (Å²) in [5.41, 5.74) is 2.35. The molecule has 2 heterocycles. The lowest BCUT2D eigenvalue weighted by molar-refractivity contribution is 0.805. The summed E-state index contributed by atoms with van der Waals surface area (Å²) in [7, 11) is 1.78. The quantitative estimate of drug-likeness (QED) is 0.638. The number of rotatable bonds is 4. The minimum Gasteiger partial charge on any atom is -0.352 e. The molecule has 0 radical (unpaired) electrons. The first-order chi connectivity index (χ1) is 9.58. The van der Waals surface area contributed by atoms with Crippen LogP contribution >= 0.6 is 38.6 Å². The molecule has 0 spiro atoms. The van der Waals surface area contributed by atoms with Crippen molar-refractivity contribution in [1.82, 2.24) is 15.6 Å². The second-order valence-electron chi connectivity index (χ2n) is 4.29. The van der Waals surface area contributed by atoms with Gasteiger partial charge >= 0.3 is 0 Å². The van der Waals surface area contributed by atoms with Gasteiger partial charge in [-0.25, -0.2) is 4.98 Å². The maximum Gasteiger partial charge on any atom is 0.191 e. The van der Waals surface area contributed by atoms with Gasteiger partial charge in [0.2, 0.25) is 0 Å². The van der Waals surface area contributed by atoms with Gasteiger partial charge in [-0.05, 0) is 46.8 Å². The van der Waals surface area contributed by atoms with Crippen LogP contribution in [0.3, 0.4) is 0 Å². The van der Waals surface area contributed by atoms with Crippen molar-refractivity contribution in [2.45, 2.75) is 26.9 Å². The van der Waals surface area contributed by atoms with Crippen molar-refractivity contribution in [2.24, 2.45) is 4.99 Å². The van der Waals surface area contributed by atoms with Crippen LogP contribution in [0, 0.1) is 13.8 Å². The molecule has 0 amide bonds. The van der Waals surface area contributed by atoms with Gasteiger partial charge in [-0.3, -0.25) is 4.99 Å². The van der Waals surface area contributed by atoms with Crippen molar-refractivity contribution in [3.05, 3.63) is 36.4 Å². The van der Waals surface area contributed by atoms with Gasteiger partial charge in [-0.15, -0.1) is 22.7 Å². The molecule has 7 heteroatoms. The van der Waals surface area contributed by atoms with Crippen molar-refractivity contribution >= 4 is 44.6 Å². The number of halogens is 1. The Balaban J connectivity index is 1.83. The van der Waals surface area contributed by atoms with Crippen LogP contribution in [-0.2, 0) is 13.1 Å². The summed E-state index contributed by atoms with van der Waals surface area (Å²) < 4.78 is 1.14. The predicted molar refractivity (Wildman–Crippen MR) is 90.6 cm³/mol. The molecule has 2 rings (SSSR count). The van der Waals surface area contributed by atoms with Crippen LogP contribution < -0.4 is 10.6 Å². The van der Waals surface area contributed by atoms with E-state index in [0.717, 1.165) is 27.0 Å². The molecule has 108 valence electrons. The van der Waals surface area contributed by atoms with E-state index >= 15 is 0 Å². The first-order valence-electron chi connectivity index (χ1n) is 6.19. The number of hydrogen-bond acceptors (Lipinski definition) is 4. The van der Waals surface area contributed by atoms with Gasteiger partial charge < -0.3 is 10.6 Å². The van der Waals surface area contributed by atoms with E-state index in [2.05, 4.69) is 54.9 Å². The predicted octanol–water partition coefficient (Wildman–Crippen LogP) is 3.45. The molecule has 0 fully saturated rings. The van der Waals surface area contributed by atoms with E-state index in [1.165, 1.54) is 10.4 Å². The first-order valence-corrected chi connectivity index (χ1v) is 8.67. The monoisotopic (exact) mass is 372 g/mol. The number of aryl methyl sites for hydroxylation is 2. The summed E-state index contributed by atoms with van der Waals surface area (Å²) >= 11 is 6.87. The highest BCUT2D eigenvalue weighted by Gasteiger charge is 2.05. The Hall–Kier alpha value is -0.920. The zero-order valence-electron chi connectivity index (χ0n) is 11.7. The van der Waals surface area contributed by atoms with Crippen LogP contribution in [-0.4, -0.2) is 18.0 Å². The number of guanidine groups is 1. The molecule has 0 saturated heterocycles. The highest BCUT2D eigenvalue weighted by atomic mass is 79.9. The lowest BCUT2D eigenvalue weighted by Crippen LogP contribution is -2.36. The Morgan fingerprint density at radius 1 is 1.35 bits per heavy atom. The van der Waals surface area contributed by atoms with Gasteiger partial charge in [0.25, 0.3) is 0 Å². The number of nitrogens with zero attached hydrogens (tertiary/aromatic N) is 2. The molecule has 20 heavy (non-hydrogen) atoms. The summed E-state index contributed by atoms with van der Waals surface area (Å²) in [5, 5.41) is 9.78. The van der Waals surface area contributed by atoms with Crippen LogP contribution in [0.4, 0.5) is 0 Å². The Bertz CT molecular complexity index is 584. The first kappa shape index (κ1) is 15.5. The summed E-state index contributed by atoms with van der Waals surface area (Å²) in [6.07, 6.45) is 0. The van der Waals surface area contributed by atoms with Gasteiger partial charge in [0.1, 0.15) is 5.01 Å². The maximum absolute atomic E-state index is 4.51. The topological polar surface area (TPSA) is 49.3 Å². The average molecular weight is 373 g/mol. The van der Waals surface area contributed by atoms with E-state index < -0.39 is 0 Å². The molecule has 0 aliphatic heterocycles. The maximum atomic E-state index is 4.51. The molecular weight excluding hydrogens is 356 g/mol. The van der Waals surface area contributed by atoms with Gasteiger partial charge in [-0.2, -0.15) is 0 Å². The molecule has 2 N–H and O–H groups in total. The summed E-state index contributed by atoms with van der Waals surface area (Å²) in [5.74, 6) is 0.790. The Kier molecular flexibility index (Phi) is 5.56. The number of thiazole rings is 1. The van der Waals surface area contributed by atoms with Crippen molar-refractivity contribution < 1.29 is 0 Å². The third-order valence-electron chi connectivity index (χ3n) is 2.79. The fraction of sp³-hybridized carbons (Fsp3) is 0.385. The third-order valence-corrected chi connectivity index (χ3v) is 5.41. The van der Waals surface area contributed by atoms with Crippen LogP contribution in [0.5, 0.6) is 0 Å². The smallest absolute Gasteiger partial charge is 0.191 e. The molecule has 0 aliphatic rings. The second kappa shape index (κ2) is 7.19. The molecule has 0 aromatic carbocycles. The molecular formula is C13H17BrN4S2. The van der Waals surface area contributed by atoms with Crippen molar-refractivity contribution in [1.29, 1.82) is 0 Å². The van der Waals surface area contributed by atoms with Gasteiger partial charge in [0.05, 0.1) is 16.0 Å². The van der Waals surface area contributed by atoms with Crippen LogP contribution in [0.1, 0.15) is 21.1 Å². The third kappa shape index (κ3) is 4.29. The van der Waals surface area contributed by atoms with E-state index in [1.54, 1.807) is 29.7 Å². The fourth-order valence-electron chi connectivity index (χ4n) is 1.62. The Labute approximate surface area is 135 Å². The number of aromatic nitrogens is 1. The SMILES string of the molecule is CN=C(NCc1csc(Br)c1)NCc1nc(C)c(C)s1. The number of hydrogen-bond donors (Lipinski definition) is 2. The fourth-order valence-corrected chi connectivity index (χ4v) is 3.70. The van der Waals surface area contributed by atoms with Crippen molar-refractivity contribution in [3.8, 4) is 0 Å². The van der Waals surface area contributed by atoms with E-state index in [-0.39, 0.29) is 0 Å². The molecule has 0 bridgehead atoms. The summed E-state index contributed by atoms with van der Waals surface area (Å²) in [6.45, 7) is 5.60. The highest BCUT2D eigenvalue weighted by molar-refractivity contribution is 9.11. The standard InChI is InChI=1S/C13H17BrN4S2/c1-8-9(2)20-12(18-8)6-17-13(15-3)16-5-10-4-11(14)19-7-10/h4,7H,5-6H2,1-3H3,(H2,15,16,17). The summed E-state index contributed by atoms with van der Waals surface area (Å²) in [6, 6.07) is 2.11. The van der Waals surface area contributed by atoms with E-state index in [4.69, 9.17) is 0 Å². The highest BCUT2D eigenvalue weighted by Crippen LogP contribution is 2.20. The van der Waals surface area contributed by atoms with Gasteiger partial charge in [0, 0.05) is 18.5 Å². The molecule has 0 unspecified atom stereocenters. The molecule has 2 aromatic heterocycles. The van der Waals surface area contributed by atoms with E-state index in [0.29, 0.717) is 6.54 Å². The largest absolute Gasteiger partial charge is 0.352 e. The zero-order valence-corrected chi connectivity index (χ0v) is 14.9. The van der Waals surface area contributed by atoms with Crippen LogP contribution in [0.2, 0.25) is 0 Å². The minimum atomic E-state index is 0.701. The van der Waals surface area contributed by atoms with Gasteiger partial charge in [0.15, 0.2) is 5.96 Å². The number of nitrogens with one attached hydrogen (secondary N) is 2. The molecule has 2 aromatic rings. The second-order valence-corrected chi connectivity index (χ2v) is 7.87. The molecule has 0 aliphatic carbocycles. The van der Waals surface area contributed by atoms with Gasteiger partial charge in [-0.1, -0.05) is 0 Å². The van der Waals surface area contributed by atoms with Crippen LogP contribution in [0.15, 0.2) is 20.2 Å². The molecule has 0 saturated carbocycles. The zero-order chi connectivity index (χ0) is 14.5. The van der Waals surface area contributed by atoms with Crippen molar-refractivity contribution in [3.63, 3.8) is 0 Å². The Morgan fingerprint density at radius 3 is 2.65 bits per heavy atom. The summed E-state index contributed by atoms with van der Waals surface area (Å²) in [4.78, 5) is 10.00. The van der Waals surface area contributed by atoms with E-state index in [1.807, 2.05) is 6.92 Å².